The van der Waals surface area contributed by atoms with E-state index in [9.17, 15) is 4.79 Å². The zero-order valence-corrected chi connectivity index (χ0v) is 14.0. The van der Waals surface area contributed by atoms with Crippen LogP contribution in [0.25, 0.3) is 0 Å². The Bertz CT molecular complexity index is 895. The molecule has 2 heterocycles. The molecule has 122 valence electrons. The van der Waals surface area contributed by atoms with Gasteiger partial charge in [-0.05, 0) is 37.3 Å². The zero-order valence-electron chi connectivity index (χ0n) is 12.5. The number of pyridine rings is 1. The summed E-state index contributed by atoms with van der Waals surface area (Å²) in [5, 5.41) is 10.5. The predicted molar refractivity (Wildman–Crippen MR) is 93.2 cm³/mol. The van der Waals surface area contributed by atoms with Crippen LogP contribution in [0.2, 0.25) is 10.0 Å². The summed E-state index contributed by atoms with van der Waals surface area (Å²) in [4.78, 5) is 16.3. The van der Waals surface area contributed by atoms with Crippen LogP contribution in [-0.4, -0.2) is 16.0 Å². The number of carbonyl (C=O) groups excluding carboxylic acids is 1. The first kappa shape index (κ1) is 16.3. The molecule has 6 nitrogen and oxygen atoms in total. The fourth-order valence-corrected chi connectivity index (χ4v) is 2.44. The molecule has 0 aliphatic heterocycles. The molecule has 0 saturated heterocycles. The van der Waals surface area contributed by atoms with E-state index < -0.39 is 5.91 Å². The number of anilines is 3. The van der Waals surface area contributed by atoms with Gasteiger partial charge < -0.3 is 15.2 Å². The van der Waals surface area contributed by atoms with Gasteiger partial charge in [-0.15, -0.1) is 0 Å². The second-order valence-electron chi connectivity index (χ2n) is 4.96. The lowest BCUT2D eigenvalue weighted by Crippen LogP contribution is -2.14. The lowest BCUT2D eigenvalue weighted by atomic mass is 10.2. The van der Waals surface area contributed by atoms with Gasteiger partial charge in [0.25, 0.3) is 5.91 Å². The molecule has 3 aromatic rings. The van der Waals surface area contributed by atoms with E-state index in [4.69, 9.17) is 27.7 Å². The number of nitrogens with zero attached hydrogens (tertiary/aromatic N) is 2. The fraction of sp³-hybridized carbons (Fsp3) is 0.0625. The highest BCUT2D eigenvalue weighted by Crippen LogP contribution is 2.28. The Balaban J connectivity index is 1.77. The van der Waals surface area contributed by atoms with Crippen molar-refractivity contribution in [3.8, 4) is 0 Å². The molecule has 0 aliphatic rings. The van der Waals surface area contributed by atoms with Crippen molar-refractivity contribution in [1.29, 1.82) is 0 Å². The molecular weight excluding hydrogens is 351 g/mol. The Morgan fingerprint density at radius 2 is 2.00 bits per heavy atom. The van der Waals surface area contributed by atoms with Crippen LogP contribution >= 0.6 is 23.2 Å². The van der Waals surface area contributed by atoms with Gasteiger partial charge in [0, 0.05) is 23.0 Å². The summed E-state index contributed by atoms with van der Waals surface area (Å²) in [6, 6.07) is 10.1. The molecule has 0 saturated carbocycles. The molecular formula is C16H12Cl2N4O2. The monoisotopic (exact) mass is 362 g/mol. The molecule has 0 bridgehead atoms. The first-order valence-corrected chi connectivity index (χ1v) is 7.69. The third-order valence-corrected chi connectivity index (χ3v) is 3.62. The van der Waals surface area contributed by atoms with Crippen molar-refractivity contribution in [2.75, 3.05) is 10.6 Å². The van der Waals surface area contributed by atoms with Gasteiger partial charge >= 0.3 is 0 Å². The quantitative estimate of drug-likeness (QED) is 0.704. The van der Waals surface area contributed by atoms with Crippen LogP contribution in [0.1, 0.15) is 16.2 Å². The molecule has 0 atom stereocenters. The SMILES string of the molecule is Cc1cc(NC(=O)c2cc(Nc3ccc(Cl)cc3Cl)ccn2)no1. The summed E-state index contributed by atoms with van der Waals surface area (Å²) in [6.07, 6.45) is 1.52. The van der Waals surface area contributed by atoms with Crippen molar-refractivity contribution >= 4 is 46.3 Å². The van der Waals surface area contributed by atoms with Gasteiger partial charge in [0.15, 0.2) is 5.82 Å². The van der Waals surface area contributed by atoms with E-state index in [1.807, 2.05) is 0 Å². The fourth-order valence-electron chi connectivity index (χ4n) is 1.98. The molecule has 1 aromatic carbocycles. The summed E-state index contributed by atoms with van der Waals surface area (Å²) < 4.78 is 4.90. The molecule has 8 heteroatoms. The van der Waals surface area contributed by atoms with Crippen molar-refractivity contribution in [1.82, 2.24) is 10.1 Å². The minimum absolute atomic E-state index is 0.228. The molecule has 0 unspecified atom stereocenters. The molecule has 1 amide bonds. The van der Waals surface area contributed by atoms with Crippen LogP contribution in [0.5, 0.6) is 0 Å². The maximum atomic E-state index is 12.2. The Labute approximate surface area is 147 Å². The highest BCUT2D eigenvalue weighted by Gasteiger charge is 2.11. The number of aromatic nitrogens is 2. The number of benzene rings is 1. The highest BCUT2D eigenvalue weighted by atomic mass is 35.5. The van der Waals surface area contributed by atoms with Gasteiger partial charge in [-0.25, -0.2) is 0 Å². The van der Waals surface area contributed by atoms with E-state index in [1.54, 1.807) is 43.3 Å². The van der Waals surface area contributed by atoms with E-state index >= 15 is 0 Å². The zero-order chi connectivity index (χ0) is 17.1. The van der Waals surface area contributed by atoms with Crippen LogP contribution in [0, 0.1) is 6.92 Å². The number of carbonyl (C=O) groups is 1. The number of aryl methyl sites for hydroxylation is 1. The second-order valence-corrected chi connectivity index (χ2v) is 5.80. The van der Waals surface area contributed by atoms with E-state index in [0.29, 0.717) is 33.0 Å². The first-order chi connectivity index (χ1) is 11.5. The minimum Gasteiger partial charge on any atom is -0.360 e. The third-order valence-electron chi connectivity index (χ3n) is 3.07. The lowest BCUT2D eigenvalue weighted by Gasteiger charge is -2.09. The summed E-state index contributed by atoms with van der Waals surface area (Å²) >= 11 is 12.0. The number of amides is 1. The van der Waals surface area contributed by atoms with Gasteiger partial charge in [0.05, 0.1) is 10.7 Å². The van der Waals surface area contributed by atoms with Gasteiger partial charge in [0.2, 0.25) is 0 Å². The molecule has 2 N–H and O–H groups in total. The second kappa shape index (κ2) is 6.90. The Morgan fingerprint density at radius 1 is 1.17 bits per heavy atom. The topological polar surface area (TPSA) is 80.0 Å². The number of halogens is 2. The van der Waals surface area contributed by atoms with Crippen LogP contribution < -0.4 is 10.6 Å². The Hall–Kier alpha value is -2.57. The largest absolute Gasteiger partial charge is 0.360 e. The summed E-state index contributed by atoms with van der Waals surface area (Å²) in [5.74, 6) is 0.540. The minimum atomic E-state index is -0.394. The third kappa shape index (κ3) is 3.84. The number of rotatable bonds is 4. The summed E-state index contributed by atoms with van der Waals surface area (Å²) in [7, 11) is 0. The maximum absolute atomic E-state index is 12.2. The maximum Gasteiger partial charge on any atom is 0.275 e. The van der Waals surface area contributed by atoms with Crippen LogP contribution in [0.3, 0.4) is 0 Å². The van der Waals surface area contributed by atoms with Crippen molar-refractivity contribution in [3.63, 3.8) is 0 Å². The van der Waals surface area contributed by atoms with E-state index in [1.165, 1.54) is 6.20 Å². The Morgan fingerprint density at radius 3 is 2.71 bits per heavy atom. The number of hydrogen-bond acceptors (Lipinski definition) is 5. The molecule has 0 radical (unpaired) electrons. The molecule has 0 fully saturated rings. The van der Waals surface area contributed by atoms with E-state index in [2.05, 4.69) is 20.8 Å². The number of hydrogen-bond donors (Lipinski definition) is 2. The standard InChI is InChI=1S/C16H12Cl2N4O2/c1-9-6-15(22-24-9)21-16(23)14-8-11(4-5-19-14)20-13-3-2-10(17)7-12(13)18/h2-8H,1H3,(H,19,20)(H,21,22,23). The van der Waals surface area contributed by atoms with Crippen LogP contribution in [-0.2, 0) is 0 Å². The van der Waals surface area contributed by atoms with E-state index in [0.717, 1.165) is 0 Å². The summed E-state index contributed by atoms with van der Waals surface area (Å²) in [6.45, 7) is 1.74. The predicted octanol–water partition coefficient (Wildman–Crippen LogP) is 4.68. The molecule has 3 rings (SSSR count). The van der Waals surface area contributed by atoms with Crippen molar-refractivity contribution in [2.24, 2.45) is 0 Å². The van der Waals surface area contributed by atoms with Crippen molar-refractivity contribution in [2.45, 2.75) is 6.92 Å². The average molecular weight is 363 g/mol. The van der Waals surface area contributed by atoms with Crippen LogP contribution in [0.15, 0.2) is 47.1 Å². The molecule has 24 heavy (non-hydrogen) atoms. The van der Waals surface area contributed by atoms with Crippen LogP contribution in [0.4, 0.5) is 17.2 Å². The van der Waals surface area contributed by atoms with Gasteiger partial charge in [-0.1, -0.05) is 28.4 Å². The average Bonchev–Trinajstić information content (AvgIpc) is 2.95. The summed E-state index contributed by atoms with van der Waals surface area (Å²) in [5.41, 5.74) is 1.56. The van der Waals surface area contributed by atoms with Crippen molar-refractivity contribution < 1.29 is 9.32 Å². The van der Waals surface area contributed by atoms with Gasteiger partial charge in [-0.3, -0.25) is 9.78 Å². The molecule has 2 aromatic heterocycles. The highest BCUT2D eigenvalue weighted by molar-refractivity contribution is 6.36. The van der Waals surface area contributed by atoms with Gasteiger partial charge in [-0.2, -0.15) is 0 Å². The van der Waals surface area contributed by atoms with Gasteiger partial charge in [0.1, 0.15) is 11.5 Å². The molecule has 0 aliphatic carbocycles. The Kier molecular flexibility index (Phi) is 4.69. The van der Waals surface area contributed by atoms with E-state index in [-0.39, 0.29) is 5.69 Å². The number of nitrogens with one attached hydrogen (secondary N) is 2. The molecule has 0 spiro atoms. The smallest absolute Gasteiger partial charge is 0.275 e. The normalized spacial score (nSPS) is 10.5. The lowest BCUT2D eigenvalue weighted by molar-refractivity contribution is 0.102. The first-order valence-electron chi connectivity index (χ1n) is 6.94. The van der Waals surface area contributed by atoms with Crippen molar-refractivity contribution in [3.05, 3.63) is 64.1 Å².